The molecular weight excluding hydrogens is 540 g/mol. The highest BCUT2D eigenvalue weighted by atomic mass is 16.3. The number of rotatable bonds is 3. The molecule has 1 aromatic rings. The van der Waals surface area contributed by atoms with Crippen LogP contribution < -0.4 is 0 Å². The van der Waals surface area contributed by atoms with Crippen LogP contribution in [-0.2, 0) is 20.8 Å². The van der Waals surface area contributed by atoms with Gasteiger partial charge in [0.25, 0.3) is 0 Å². The van der Waals surface area contributed by atoms with Gasteiger partial charge in [0.1, 0.15) is 5.75 Å². The Bertz CT molecular complexity index is 1590. The lowest BCUT2D eigenvalue weighted by Crippen LogP contribution is -2.73. The van der Waals surface area contributed by atoms with Crippen LogP contribution in [0.5, 0.6) is 5.75 Å². The maximum atomic E-state index is 14.6. The zero-order chi connectivity index (χ0) is 31.8. The third-order valence-corrected chi connectivity index (χ3v) is 10.8. The van der Waals surface area contributed by atoms with E-state index in [1.807, 2.05) is 40.7 Å². The zero-order valence-corrected chi connectivity index (χ0v) is 26.7. The monoisotopic (exact) mass is 584 g/mol. The largest absolute Gasteiger partial charge is 0.506 e. The van der Waals surface area contributed by atoms with Gasteiger partial charge in [0.05, 0.1) is 22.6 Å². The summed E-state index contributed by atoms with van der Waals surface area (Å²) >= 11 is 0. The molecule has 228 valence electrons. The predicted octanol–water partition coefficient (Wildman–Crippen LogP) is 6.20. The van der Waals surface area contributed by atoms with Crippen LogP contribution in [0.4, 0.5) is 0 Å². The van der Waals surface area contributed by atoms with Gasteiger partial charge in [0.15, 0.2) is 23.0 Å². The standard InChI is InChI=1S/C37H44O6/c1-19(2)25-16-24(15-14-23-12-10-9-11-13-23)31(39)28-26(25)17-35(7)18-36(8)29(20(3)4)21(5)27(22(6)38)33(41)37(36,43)34(42)30(35)32(28)40/h12,16,19-20,29-30,39,43H,9-11,13,17-18H2,1-8H3/t29-,30?,35+,36+,37-/m1/s1. The summed E-state index contributed by atoms with van der Waals surface area (Å²) in [5.41, 5.74) is -1.22. The average Bonchev–Trinajstić information content (AvgIpc) is 2.90. The number of carbonyl (C=O) groups excluding carboxylic acids is 4. The first kappa shape index (κ1) is 31.1. The maximum absolute atomic E-state index is 14.6. The number of phenolic OH excluding ortho intramolecular Hbond substituents is 1. The van der Waals surface area contributed by atoms with Crippen LogP contribution in [0.3, 0.4) is 0 Å². The number of carbonyl (C=O) groups is 4. The molecular formula is C37H44O6. The quantitative estimate of drug-likeness (QED) is 0.249. The van der Waals surface area contributed by atoms with Crippen molar-refractivity contribution < 1.29 is 29.4 Å². The average molecular weight is 585 g/mol. The first-order chi connectivity index (χ1) is 20.0. The second-order valence-electron chi connectivity index (χ2n) is 14.6. The first-order valence-corrected chi connectivity index (χ1v) is 15.7. The number of aromatic hydroxyl groups is 1. The van der Waals surface area contributed by atoms with E-state index in [2.05, 4.69) is 17.9 Å². The lowest BCUT2D eigenvalue weighted by atomic mass is 9.40. The molecule has 0 aromatic heterocycles. The van der Waals surface area contributed by atoms with E-state index in [1.54, 1.807) is 13.8 Å². The summed E-state index contributed by atoms with van der Waals surface area (Å²) in [6.07, 6.45) is 6.71. The molecule has 5 rings (SSSR count). The van der Waals surface area contributed by atoms with Gasteiger partial charge >= 0.3 is 0 Å². The molecule has 4 aliphatic rings. The third kappa shape index (κ3) is 4.33. The molecule has 43 heavy (non-hydrogen) atoms. The van der Waals surface area contributed by atoms with Crippen LogP contribution in [0.2, 0.25) is 0 Å². The van der Waals surface area contributed by atoms with Crippen molar-refractivity contribution in [2.45, 2.75) is 105 Å². The number of ketones is 4. The van der Waals surface area contributed by atoms with Crippen molar-refractivity contribution in [2.75, 3.05) is 0 Å². The van der Waals surface area contributed by atoms with Gasteiger partial charge in [-0.05, 0) is 98.3 Å². The van der Waals surface area contributed by atoms with Crippen molar-refractivity contribution in [3.63, 3.8) is 0 Å². The minimum absolute atomic E-state index is 0.0199. The van der Waals surface area contributed by atoms with E-state index in [1.165, 1.54) is 6.92 Å². The summed E-state index contributed by atoms with van der Waals surface area (Å²) < 4.78 is 0. The maximum Gasteiger partial charge on any atom is 0.206 e. The van der Waals surface area contributed by atoms with Crippen molar-refractivity contribution in [1.82, 2.24) is 0 Å². The molecule has 5 atom stereocenters. The highest BCUT2D eigenvalue weighted by molar-refractivity contribution is 6.33. The van der Waals surface area contributed by atoms with Crippen molar-refractivity contribution >= 4 is 23.1 Å². The Balaban J connectivity index is 1.72. The van der Waals surface area contributed by atoms with Crippen LogP contribution in [-0.4, -0.2) is 38.9 Å². The second-order valence-corrected chi connectivity index (χ2v) is 14.6. The van der Waals surface area contributed by atoms with E-state index in [0.717, 1.165) is 36.8 Å². The van der Waals surface area contributed by atoms with Crippen LogP contribution in [0.25, 0.3) is 0 Å². The van der Waals surface area contributed by atoms with Crippen LogP contribution in [0.1, 0.15) is 120 Å². The molecule has 6 heteroatoms. The highest BCUT2D eigenvalue weighted by Gasteiger charge is 2.73. The number of Topliss-reactive ketones (excluding diaryl/α,β-unsaturated/α-hetero) is 4. The van der Waals surface area contributed by atoms with Gasteiger partial charge in [-0.15, -0.1) is 0 Å². The van der Waals surface area contributed by atoms with Crippen LogP contribution >= 0.6 is 0 Å². The molecule has 0 heterocycles. The molecule has 1 unspecified atom stereocenters. The van der Waals surface area contributed by atoms with Crippen molar-refractivity contribution in [1.29, 1.82) is 0 Å². The van der Waals surface area contributed by atoms with E-state index in [0.29, 0.717) is 23.1 Å². The summed E-state index contributed by atoms with van der Waals surface area (Å²) in [5, 5.41) is 23.9. The van der Waals surface area contributed by atoms with Gasteiger partial charge in [0.2, 0.25) is 5.78 Å². The molecule has 0 saturated heterocycles. The van der Waals surface area contributed by atoms with E-state index >= 15 is 0 Å². The topological polar surface area (TPSA) is 109 Å². The summed E-state index contributed by atoms with van der Waals surface area (Å²) in [7, 11) is 0. The number of benzene rings is 1. The molecule has 6 nitrogen and oxygen atoms in total. The Morgan fingerprint density at radius 2 is 1.74 bits per heavy atom. The second kappa shape index (κ2) is 10.4. The van der Waals surface area contributed by atoms with Gasteiger partial charge in [-0.1, -0.05) is 65.0 Å². The Labute approximate surface area is 255 Å². The Kier molecular flexibility index (Phi) is 7.54. The van der Waals surface area contributed by atoms with E-state index in [4.69, 9.17) is 0 Å². The van der Waals surface area contributed by atoms with Gasteiger partial charge in [-0.25, -0.2) is 0 Å². The number of hydrogen-bond donors (Lipinski definition) is 2. The molecule has 0 spiro atoms. The van der Waals surface area contributed by atoms with Crippen molar-refractivity contribution in [3.05, 3.63) is 51.1 Å². The van der Waals surface area contributed by atoms with Gasteiger partial charge in [-0.2, -0.15) is 0 Å². The fraction of sp³-hybridized carbons (Fsp3) is 0.568. The van der Waals surface area contributed by atoms with Gasteiger partial charge in [-0.3, -0.25) is 19.2 Å². The number of phenols is 1. The molecule has 1 saturated carbocycles. The lowest BCUT2D eigenvalue weighted by molar-refractivity contribution is -0.192. The highest BCUT2D eigenvalue weighted by Crippen LogP contribution is 2.65. The fourth-order valence-electron chi connectivity index (χ4n) is 9.30. The normalized spacial score (nSPS) is 32.2. The van der Waals surface area contributed by atoms with Crippen molar-refractivity contribution in [3.8, 4) is 17.6 Å². The summed E-state index contributed by atoms with van der Waals surface area (Å²) in [5.74, 6) is 1.31. The SMILES string of the molecule is CC(=O)C1=C(C)[C@@H](C(C)C)[C@]2(C)C[C@]3(C)Cc4c(C(C)C)cc(C#CC5=CCCCC5)c(O)c4C(=O)C3C(=O)[C@]2(O)C1=O. The van der Waals surface area contributed by atoms with Crippen molar-refractivity contribution in [2.24, 2.45) is 28.6 Å². The summed E-state index contributed by atoms with van der Waals surface area (Å²) in [6.45, 7) is 14.7. The predicted molar refractivity (Wildman–Crippen MR) is 165 cm³/mol. The van der Waals surface area contributed by atoms with Crippen LogP contribution in [0.15, 0.2) is 28.9 Å². The Morgan fingerprint density at radius 3 is 2.30 bits per heavy atom. The molecule has 1 aromatic carbocycles. The summed E-state index contributed by atoms with van der Waals surface area (Å²) in [4.78, 5) is 55.9. The first-order valence-electron chi connectivity index (χ1n) is 15.7. The van der Waals surface area contributed by atoms with E-state index in [9.17, 15) is 29.4 Å². The smallest absolute Gasteiger partial charge is 0.206 e. The Hall–Kier alpha value is -3.30. The molecule has 0 amide bonds. The summed E-state index contributed by atoms with van der Waals surface area (Å²) in [6, 6.07) is 1.88. The van der Waals surface area contributed by atoms with Gasteiger partial charge in [0, 0.05) is 5.41 Å². The van der Waals surface area contributed by atoms with Crippen LogP contribution in [0, 0.1) is 40.4 Å². The lowest BCUT2D eigenvalue weighted by Gasteiger charge is -2.62. The molecule has 4 aliphatic carbocycles. The molecule has 1 fully saturated rings. The number of fused-ring (bicyclic) bond motifs is 3. The van der Waals surface area contributed by atoms with Gasteiger partial charge < -0.3 is 10.2 Å². The van der Waals surface area contributed by atoms with E-state index < -0.39 is 51.4 Å². The minimum atomic E-state index is -2.54. The third-order valence-electron chi connectivity index (χ3n) is 10.8. The molecule has 0 aliphatic heterocycles. The minimum Gasteiger partial charge on any atom is -0.506 e. The Morgan fingerprint density at radius 1 is 1.07 bits per heavy atom. The number of allylic oxidation sites excluding steroid dienone is 3. The number of hydrogen-bond acceptors (Lipinski definition) is 6. The fourth-order valence-corrected chi connectivity index (χ4v) is 9.30. The molecule has 0 radical (unpaired) electrons. The number of aliphatic hydroxyl groups is 1. The molecule has 2 N–H and O–H groups in total. The molecule has 0 bridgehead atoms. The zero-order valence-electron chi connectivity index (χ0n) is 26.7. The van der Waals surface area contributed by atoms with E-state index in [-0.39, 0.29) is 35.1 Å².